The van der Waals surface area contributed by atoms with Crippen molar-refractivity contribution >= 4 is 5.97 Å². The Labute approximate surface area is 238 Å². The van der Waals surface area contributed by atoms with Crippen molar-refractivity contribution in [2.24, 2.45) is 0 Å². The van der Waals surface area contributed by atoms with E-state index >= 15 is 0 Å². The number of ether oxygens (including phenoxy) is 2. The standard InChI is InChI=1S/C30H25F4N5O3/c1-3-15-42-18-9-10-19(21(16-18)30(32,33)34)23-11-12-25(38-37-23)27(29(40)41-4-2)39-14-13-24-26(17-39)36-28(35-24)20-7-5-6-8-22(20)31/h5-14,16-17,27H,3-4,15H2,1-2H3. The number of hydrogen-bond donors (Lipinski definition) is 0. The van der Waals surface area contributed by atoms with Crippen LogP contribution in [0.15, 0.2) is 73.1 Å². The summed E-state index contributed by atoms with van der Waals surface area (Å²) in [5, 5.41) is 8.16. The lowest BCUT2D eigenvalue weighted by atomic mass is 10.0. The lowest BCUT2D eigenvalue weighted by molar-refractivity contribution is -0.146. The summed E-state index contributed by atoms with van der Waals surface area (Å²) in [6.07, 6.45) is -0.910. The third kappa shape index (κ3) is 5.92. The molecule has 0 spiro atoms. The predicted molar refractivity (Wildman–Crippen MR) is 145 cm³/mol. The maximum Gasteiger partial charge on any atom is 0.417 e. The van der Waals surface area contributed by atoms with E-state index in [-0.39, 0.29) is 47.3 Å². The molecule has 5 rings (SSSR count). The smallest absolute Gasteiger partial charge is 0.417 e. The van der Waals surface area contributed by atoms with E-state index in [0.717, 1.165) is 6.07 Å². The fourth-order valence-corrected chi connectivity index (χ4v) is 4.39. The molecule has 1 aromatic heterocycles. The van der Waals surface area contributed by atoms with E-state index in [4.69, 9.17) is 9.47 Å². The molecular weight excluding hydrogens is 554 g/mol. The monoisotopic (exact) mass is 579 g/mol. The largest absolute Gasteiger partial charge is 0.494 e. The number of pyridine rings is 1. The molecule has 3 aromatic rings. The van der Waals surface area contributed by atoms with Crippen LogP contribution in [0.25, 0.3) is 34.0 Å². The lowest BCUT2D eigenvalue weighted by Crippen LogP contribution is -2.24. The Kier molecular flexibility index (Phi) is 8.14. The number of rotatable bonds is 9. The van der Waals surface area contributed by atoms with Gasteiger partial charge in [0.15, 0.2) is 11.9 Å². The first kappa shape index (κ1) is 28.7. The van der Waals surface area contributed by atoms with E-state index in [0.29, 0.717) is 17.8 Å². The van der Waals surface area contributed by atoms with Gasteiger partial charge >= 0.3 is 12.1 Å². The normalized spacial score (nSPS) is 12.3. The van der Waals surface area contributed by atoms with Gasteiger partial charge < -0.3 is 14.0 Å². The molecule has 1 atom stereocenters. The van der Waals surface area contributed by atoms with Crippen molar-refractivity contribution in [1.29, 1.82) is 0 Å². The van der Waals surface area contributed by atoms with Gasteiger partial charge in [-0.05, 0) is 61.9 Å². The summed E-state index contributed by atoms with van der Waals surface area (Å²) in [6.45, 7) is 3.86. The number of imidazole rings is 1. The van der Waals surface area contributed by atoms with Crippen LogP contribution in [-0.2, 0) is 15.7 Å². The fraction of sp³-hybridized carbons (Fsp3) is 0.233. The highest BCUT2D eigenvalue weighted by molar-refractivity contribution is 5.78. The first-order valence-corrected chi connectivity index (χ1v) is 13.1. The third-order valence-corrected chi connectivity index (χ3v) is 6.32. The predicted octanol–water partition coefficient (Wildman–Crippen LogP) is 6.61. The average molecular weight is 580 g/mol. The molecule has 0 saturated heterocycles. The van der Waals surface area contributed by atoms with Crippen molar-refractivity contribution in [3.8, 4) is 39.8 Å². The summed E-state index contributed by atoms with van der Waals surface area (Å²) in [6, 6.07) is 13.0. The number of hydrogen-bond acceptors (Lipinski definition) is 7. The van der Waals surface area contributed by atoms with E-state index in [2.05, 4.69) is 20.2 Å². The molecule has 0 aliphatic carbocycles. The van der Waals surface area contributed by atoms with Gasteiger partial charge in [0, 0.05) is 18.0 Å². The Morgan fingerprint density at radius 1 is 0.929 bits per heavy atom. The molecule has 2 aliphatic heterocycles. The lowest BCUT2D eigenvalue weighted by Gasteiger charge is -2.19. The number of fused-ring (bicyclic) bond motifs is 1. The SMILES string of the molecule is CCCOc1ccc(-c2ccc(C(C(=O)OCC)n3ccc4nc(-c5ccccc5F)nc-4c3)nn2)c(C(F)(F)F)c1. The van der Waals surface area contributed by atoms with Gasteiger partial charge in [-0.3, -0.25) is 0 Å². The summed E-state index contributed by atoms with van der Waals surface area (Å²) in [7, 11) is 0. The van der Waals surface area contributed by atoms with Crippen LogP contribution in [0.2, 0.25) is 0 Å². The molecule has 0 saturated carbocycles. The van der Waals surface area contributed by atoms with Crippen molar-refractivity contribution in [2.45, 2.75) is 32.5 Å². The molecule has 216 valence electrons. The highest BCUT2D eigenvalue weighted by Crippen LogP contribution is 2.39. The van der Waals surface area contributed by atoms with E-state index in [1.165, 1.54) is 34.9 Å². The van der Waals surface area contributed by atoms with Crippen LogP contribution in [0.4, 0.5) is 17.6 Å². The number of aromatic nitrogens is 5. The molecule has 2 aliphatic rings. The first-order chi connectivity index (χ1) is 20.2. The molecule has 12 heteroatoms. The fourth-order valence-electron chi connectivity index (χ4n) is 4.39. The van der Waals surface area contributed by atoms with Gasteiger partial charge in [0.1, 0.15) is 17.3 Å². The number of esters is 1. The topological polar surface area (TPSA) is 92.0 Å². The number of benzene rings is 2. The Bertz CT molecular complexity index is 1670. The maximum atomic E-state index is 14.3. The van der Waals surface area contributed by atoms with Crippen molar-refractivity contribution in [3.63, 3.8) is 0 Å². The summed E-state index contributed by atoms with van der Waals surface area (Å²) < 4.78 is 68.2. The van der Waals surface area contributed by atoms with Gasteiger partial charge in [-0.1, -0.05) is 19.1 Å². The molecular formula is C30H25F4N5O3. The van der Waals surface area contributed by atoms with Crippen molar-refractivity contribution < 1.29 is 31.8 Å². The van der Waals surface area contributed by atoms with E-state index in [1.54, 1.807) is 43.6 Å². The van der Waals surface area contributed by atoms with Crippen molar-refractivity contribution in [2.75, 3.05) is 13.2 Å². The maximum absolute atomic E-state index is 14.3. The van der Waals surface area contributed by atoms with Gasteiger partial charge in [-0.25, -0.2) is 19.2 Å². The van der Waals surface area contributed by atoms with Crippen LogP contribution in [0.1, 0.15) is 37.6 Å². The van der Waals surface area contributed by atoms with Crippen molar-refractivity contribution in [1.82, 2.24) is 24.7 Å². The Hall–Kier alpha value is -4.87. The summed E-state index contributed by atoms with van der Waals surface area (Å²) in [4.78, 5) is 21.9. The first-order valence-electron chi connectivity index (χ1n) is 13.1. The average Bonchev–Trinajstić information content (AvgIpc) is 3.40. The minimum absolute atomic E-state index is 0.0346. The molecule has 0 fully saturated rings. The second-order valence-electron chi connectivity index (χ2n) is 9.24. The number of alkyl halides is 3. The van der Waals surface area contributed by atoms with Crippen LogP contribution in [0, 0.1) is 5.82 Å². The van der Waals surface area contributed by atoms with Gasteiger partial charge in [-0.2, -0.15) is 23.4 Å². The molecule has 0 N–H and O–H groups in total. The molecule has 2 aromatic carbocycles. The van der Waals surface area contributed by atoms with E-state index < -0.39 is 29.6 Å². The summed E-state index contributed by atoms with van der Waals surface area (Å²) in [5.41, 5.74) is 0.0842. The number of carbonyl (C=O) groups is 1. The summed E-state index contributed by atoms with van der Waals surface area (Å²) in [5.74, 6) is -0.854. The molecule has 3 heterocycles. The number of halogens is 4. The minimum Gasteiger partial charge on any atom is -0.494 e. The minimum atomic E-state index is -4.66. The van der Waals surface area contributed by atoms with Crippen molar-refractivity contribution in [3.05, 3.63) is 90.1 Å². The van der Waals surface area contributed by atoms with Crippen LogP contribution < -0.4 is 4.74 Å². The number of carbonyl (C=O) groups excluding carboxylic acids is 1. The second-order valence-corrected chi connectivity index (χ2v) is 9.24. The van der Waals surface area contributed by atoms with Gasteiger partial charge in [0.05, 0.1) is 41.4 Å². The Morgan fingerprint density at radius 3 is 2.40 bits per heavy atom. The van der Waals surface area contributed by atoms with Crippen LogP contribution in [0.3, 0.4) is 0 Å². The number of nitrogens with zero attached hydrogens (tertiary/aromatic N) is 5. The third-order valence-electron chi connectivity index (χ3n) is 6.32. The van der Waals surface area contributed by atoms with Crippen LogP contribution in [0.5, 0.6) is 5.75 Å². The quantitative estimate of drug-likeness (QED) is 0.143. The summed E-state index contributed by atoms with van der Waals surface area (Å²) >= 11 is 0. The Morgan fingerprint density at radius 2 is 1.71 bits per heavy atom. The Balaban J connectivity index is 1.51. The van der Waals surface area contributed by atoms with Crippen LogP contribution in [-0.4, -0.2) is 43.9 Å². The zero-order valence-corrected chi connectivity index (χ0v) is 22.6. The highest BCUT2D eigenvalue weighted by atomic mass is 19.4. The highest BCUT2D eigenvalue weighted by Gasteiger charge is 2.35. The van der Waals surface area contributed by atoms with Crippen LogP contribution >= 0.6 is 0 Å². The molecule has 1 unspecified atom stereocenters. The van der Waals surface area contributed by atoms with Gasteiger partial charge in [0.25, 0.3) is 0 Å². The molecule has 0 amide bonds. The zero-order chi connectivity index (χ0) is 29.9. The zero-order valence-electron chi connectivity index (χ0n) is 22.6. The molecule has 0 bridgehead atoms. The van der Waals surface area contributed by atoms with Gasteiger partial charge in [0.2, 0.25) is 0 Å². The van der Waals surface area contributed by atoms with Gasteiger partial charge in [-0.15, -0.1) is 0 Å². The molecule has 42 heavy (non-hydrogen) atoms. The van der Waals surface area contributed by atoms with E-state index in [9.17, 15) is 22.4 Å². The second kappa shape index (κ2) is 11.9. The molecule has 0 radical (unpaired) electrons. The molecule has 8 nitrogen and oxygen atoms in total. The van der Waals surface area contributed by atoms with E-state index in [1.807, 2.05) is 6.92 Å².